The van der Waals surface area contributed by atoms with Crippen LogP contribution in [0.25, 0.3) is 10.8 Å². The van der Waals surface area contributed by atoms with Crippen LogP contribution in [-0.4, -0.2) is 0 Å². The van der Waals surface area contributed by atoms with E-state index < -0.39 is 0 Å². The smallest absolute Gasteiger partial charge is 0.0632 e. The molecule has 0 unspecified atom stereocenters. The van der Waals surface area contributed by atoms with Crippen molar-refractivity contribution < 1.29 is 0 Å². The Morgan fingerprint density at radius 1 is 0.731 bits per heavy atom. The summed E-state index contributed by atoms with van der Waals surface area (Å²) in [7, 11) is 0. The third-order valence-electron chi connectivity index (χ3n) is 5.84. The number of nitrogens with one attached hydrogen (secondary N) is 2. The van der Waals surface area contributed by atoms with Crippen LogP contribution in [0.1, 0.15) is 34.7 Å². The Bertz CT molecular complexity index is 1120. The minimum absolute atomic E-state index is 0.288. The minimum atomic E-state index is 0.288. The summed E-state index contributed by atoms with van der Waals surface area (Å²) in [5.41, 5.74) is 6.71. The zero-order valence-electron chi connectivity index (χ0n) is 14.1. The first-order valence-electron chi connectivity index (χ1n) is 9.06. The highest BCUT2D eigenvalue weighted by atomic mass is 32.1. The van der Waals surface area contributed by atoms with Crippen molar-refractivity contribution in [2.24, 2.45) is 0 Å². The summed E-state index contributed by atoms with van der Waals surface area (Å²) in [4.78, 5) is 0. The molecule has 2 aliphatic rings. The molecule has 2 nitrogen and oxygen atoms in total. The van der Waals surface area contributed by atoms with Gasteiger partial charge in [0.05, 0.1) is 12.1 Å². The number of anilines is 2. The summed E-state index contributed by atoms with van der Waals surface area (Å²) in [5, 5.41) is 14.8. The maximum atomic E-state index is 3.87. The summed E-state index contributed by atoms with van der Waals surface area (Å²) >= 11 is 1.77. The molecule has 2 aliphatic heterocycles. The quantitative estimate of drug-likeness (QED) is 0.418. The highest BCUT2D eigenvalue weighted by Gasteiger charge is 2.44. The van der Waals surface area contributed by atoms with Crippen LogP contribution < -0.4 is 10.6 Å². The van der Waals surface area contributed by atoms with Crippen LogP contribution in [0, 0.1) is 0 Å². The number of hydrogen-bond donors (Lipinski definition) is 2. The molecule has 3 heteroatoms. The predicted octanol–water partition coefficient (Wildman–Crippen LogP) is 6.32. The molecule has 0 saturated carbocycles. The number of rotatable bonds is 1. The Morgan fingerprint density at radius 2 is 1.58 bits per heavy atom. The Balaban J connectivity index is 1.63. The average Bonchev–Trinajstić information content (AvgIpc) is 3.35. The number of para-hydroxylation sites is 1. The first kappa shape index (κ1) is 14.4. The second-order valence-electron chi connectivity index (χ2n) is 7.16. The van der Waals surface area contributed by atoms with Crippen LogP contribution in [0.15, 0.2) is 77.5 Å². The third kappa shape index (κ3) is 1.92. The lowest BCUT2D eigenvalue weighted by Gasteiger charge is -2.38. The molecule has 4 aromatic rings. The second-order valence-corrected chi connectivity index (χ2v) is 7.94. The standard InChI is InChI=1S/C23H18N2S/c1-2-6-16-14(5-1)9-10-19-20(16)23-21(17-7-3-4-8-18(17)24-23)22(25-19)15-11-12-26-13-15/h1-13,21-25H/t21-,22-,23+/m1/s1. The summed E-state index contributed by atoms with van der Waals surface area (Å²) < 4.78 is 0. The van der Waals surface area contributed by atoms with Gasteiger partial charge in [0.1, 0.15) is 0 Å². The lowest BCUT2D eigenvalue weighted by molar-refractivity contribution is 0.524. The number of thiophene rings is 1. The van der Waals surface area contributed by atoms with Gasteiger partial charge in [-0.15, -0.1) is 0 Å². The van der Waals surface area contributed by atoms with Gasteiger partial charge in [-0.2, -0.15) is 11.3 Å². The van der Waals surface area contributed by atoms with Gasteiger partial charge in [-0.25, -0.2) is 0 Å². The molecular formula is C23H18N2S. The fourth-order valence-corrected chi connectivity index (χ4v) is 5.43. The highest BCUT2D eigenvalue weighted by Crippen LogP contribution is 2.56. The van der Waals surface area contributed by atoms with Gasteiger partial charge in [0, 0.05) is 22.9 Å². The molecule has 2 N–H and O–H groups in total. The molecule has 6 rings (SSSR count). The predicted molar refractivity (Wildman–Crippen MR) is 110 cm³/mol. The molecule has 0 amide bonds. The molecule has 0 fully saturated rings. The van der Waals surface area contributed by atoms with Gasteiger partial charge >= 0.3 is 0 Å². The van der Waals surface area contributed by atoms with Crippen molar-refractivity contribution >= 4 is 33.5 Å². The summed E-state index contributed by atoms with van der Waals surface area (Å²) in [5.74, 6) is 0.388. The van der Waals surface area contributed by atoms with Crippen molar-refractivity contribution in [3.63, 3.8) is 0 Å². The molecule has 0 saturated heterocycles. The van der Waals surface area contributed by atoms with E-state index in [9.17, 15) is 0 Å². The first-order valence-corrected chi connectivity index (χ1v) is 10.0. The van der Waals surface area contributed by atoms with Gasteiger partial charge in [0.15, 0.2) is 0 Å². The van der Waals surface area contributed by atoms with Crippen LogP contribution in [-0.2, 0) is 0 Å². The number of hydrogen-bond acceptors (Lipinski definition) is 3. The molecule has 26 heavy (non-hydrogen) atoms. The van der Waals surface area contributed by atoms with Crippen LogP contribution in [0.2, 0.25) is 0 Å². The molecular weight excluding hydrogens is 336 g/mol. The minimum Gasteiger partial charge on any atom is -0.377 e. The average molecular weight is 354 g/mol. The fourth-order valence-electron chi connectivity index (χ4n) is 4.74. The molecule has 3 heterocycles. The topological polar surface area (TPSA) is 24.1 Å². The van der Waals surface area contributed by atoms with Gasteiger partial charge < -0.3 is 10.6 Å². The van der Waals surface area contributed by atoms with Gasteiger partial charge in [0.2, 0.25) is 0 Å². The maximum Gasteiger partial charge on any atom is 0.0632 e. The first-order chi connectivity index (χ1) is 12.9. The second kappa shape index (κ2) is 5.36. The Hall–Kier alpha value is -2.78. The highest BCUT2D eigenvalue weighted by molar-refractivity contribution is 7.08. The molecule has 0 bridgehead atoms. The van der Waals surface area contributed by atoms with E-state index in [4.69, 9.17) is 0 Å². The van der Waals surface area contributed by atoms with Crippen molar-refractivity contribution in [2.75, 3.05) is 10.6 Å². The van der Waals surface area contributed by atoms with Crippen molar-refractivity contribution in [1.29, 1.82) is 0 Å². The Labute approximate surface area is 156 Å². The largest absolute Gasteiger partial charge is 0.377 e. The number of fused-ring (bicyclic) bond motifs is 7. The van der Waals surface area contributed by atoms with Gasteiger partial charge in [-0.05, 0) is 50.9 Å². The lowest BCUT2D eigenvalue weighted by atomic mass is 9.77. The normalized spacial score (nSPS) is 22.8. The van der Waals surface area contributed by atoms with E-state index in [0.717, 1.165) is 0 Å². The van der Waals surface area contributed by atoms with E-state index in [-0.39, 0.29) is 6.04 Å². The van der Waals surface area contributed by atoms with Crippen LogP contribution in [0.5, 0.6) is 0 Å². The molecule has 126 valence electrons. The molecule has 3 atom stereocenters. The van der Waals surface area contributed by atoms with Crippen molar-refractivity contribution in [3.05, 3.63) is 94.2 Å². The summed E-state index contributed by atoms with van der Waals surface area (Å²) in [6.07, 6.45) is 0. The van der Waals surface area contributed by atoms with Crippen molar-refractivity contribution in [3.8, 4) is 0 Å². The van der Waals surface area contributed by atoms with E-state index in [1.807, 2.05) is 0 Å². The fraction of sp³-hybridized carbons (Fsp3) is 0.130. The van der Waals surface area contributed by atoms with Crippen molar-refractivity contribution in [2.45, 2.75) is 18.0 Å². The van der Waals surface area contributed by atoms with Gasteiger partial charge in [-0.1, -0.05) is 48.5 Å². The van der Waals surface area contributed by atoms with Crippen LogP contribution >= 0.6 is 11.3 Å². The van der Waals surface area contributed by atoms with E-state index in [1.54, 1.807) is 11.3 Å². The van der Waals surface area contributed by atoms with Crippen molar-refractivity contribution in [1.82, 2.24) is 0 Å². The number of benzene rings is 3. The van der Waals surface area contributed by atoms with Gasteiger partial charge in [-0.3, -0.25) is 0 Å². The van der Waals surface area contributed by atoms with E-state index in [2.05, 4.69) is 88.1 Å². The molecule has 3 aromatic carbocycles. The lowest BCUT2D eigenvalue weighted by Crippen LogP contribution is -2.29. The van der Waals surface area contributed by atoms with Gasteiger partial charge in [0.25, 0.3) is 0 Å². The molecule has 0 aliphatic carbocycles. The molecule has 1 aromatic heterocycles. The molecule has 0 spiro atoms. The zero-order valence-corrected chi connectivity index (χ0v) is 15.0. The summed E-state index contributed by atoms with van der Waals surface area (Å²) in [6.45, 7) is 0. The zero-order chi connectivity index (χ0) is 17.1. The van der Waals surface area contributed by atoms with Crippen LogP contribution in [0.4, 0.5) is 11.4 Å². The molecule has 0 radical (unpaired) electrons. The van der Waals surface area contributed by atoms with Crippen LogP contribution in [0.3, 0.4) is 0 Å². The van der Waals surface area contributed by atoms with E-state index in [1.165, 1.54) is 38.8 Å². The summed E-state index contributed by atoms with van der Waals surface area (Å²) in [6, 6.07) is 24.8. The maximum absolute atomic E-state index is 3.87. The monoisotopic (exact) mass is 354 g/mol. The Kier molecular flexibility index (Phi) is 2.97. The Morgan fingerprint density at radius 3 is 2.50 bits per heavy atom. The van der Waals surface area contributed by atoms with E-state index in [0.29, 0.717) is 12.0 Å². The van der Waals surface area contributed by atoms with E-state index >= 15 is 0 Å². The SMILES string of the molecule is c1ccc2c(c1)N[C@H]1c3c(ccc4ccccc34)N[C@H](c3ccsc3)[C@@H]21. The third-order valence-corrected chi connectivity index (χ3v) is 6.55.